The van der Waals surface area contributed by atoms with Gasteiger partial charge in [0.15, 0.2) is 0 Å². The summed E-state index contributed by atoms with van der Waals surface area (Å²) in [5, 5.41) is 8.21. The first-order valence-electron chi connectivity index (χ1n) is 9.25. The summed E-state index contributed by atoms with van der Waals surface area (Å²) in [6.07, 6.45) is 0.674. The third kappa shape index (κ3) is 9.75. The summed E-state index contributed by atoms with van der Waals surface area (Å²) in [7, 11) is 0. The maximum atomic E-state index is 12.5. The first-order valence-corrected chi connectivity index (χ1v) is 9.25. The summed E-state index contributed by atoms with van der Waals surface area (Å²) in [5.41, 5.74) is 6.16. The van der Waals surface area contributed by atoms with E-state index in [0.29, 0.717) is 6.42 Å². The quantitative estimate of drug-likeness (QED) is 0.512. The topological polar surface area (TPSA) is 113 Å². The van der Waals surface area contributed by atoms with Gasteiger partial charge in [-0.25, -0.2) is 0 Å². The third-order valence-electron chi connectivity index (χ3n) is 3.78. The average molecular weight is 377 g/mol. The molecular weight excluding hydrogens is 344 g/mol. The van der Waals surface area contributed by atoms with Gasteiger partial charge in [-0.2, -0.15) is 0 Å². The van der Waals surface area contributed by atoms with Gasteiger partial charge in [-0.3, -0.25) is 14.4 Å². The molecular formula is C20H32N4O3. The highest BCUT2D eigenvalue weighted by molar-refractivity contribution is 5.92. The van der Waals surface area contributed by atoms with Gasteiger partial charge in [0.25, 0.3) is 0 Å². The average Bonchev–Trinajstić information content (AvgIpc) is 2.58. The molecule has 0 aromatic heterocycles. The highest BCUT2D eigenvalue weighted by atomic mass is 16.2. The van der Waals surface area contributed by atoms with Crippen molar-refractivity contribution in [1.82, 2.24) is 16.0 Å². The lowest BCUT2D eigenvalue weighted by molar-refractivity contribution is -0.132. The molecule has 0 aliphatic rings. The fourth-order valence-electron chi connectivity index (χ4n) is 2.44. The number of nitrogens with one attached hydrogen (secondary N) is 3. The Hall–Kier alpha value is -2.41. The first-order chi connectivity index (χ1) is 12.6. The molecule has 5 N–H and O–H groups in total. The van der Waals surface area contributed by atoms with Gasteiger partial charge in [-0.05, 0) is 39.7 Å². The molecule has 0 radical (unpaired) electrons. The van der Waals surface area contributed by atoms with Crippen molar-refractivity contribution in [1.29, 1.82) is 0 Å². The van der Waals surface area contributed by atoms with E-state index < -0.39 is 17.5 Å². The molecule has 1 aromatic rings. The second-order valence-corrected chi connectivity index (χ2v) is 7.75. The Morgan fingerprint density at radius 2 is 1.67 bits per heavy atom. The zero-order valence-electron chi connectivity index (χ0n) is 16.7. The standard InChI is InChI=1S/C20H32N4O3/c1-14(13-21)22-19(27)16(12-18(26)24-20(2,3)4)23-17(25)11-10-15-8-6-5-7-9-15/h5-9,14,16H,10-13,21H2,1-4H3,(H,22,27)(H,23,25)(H,24,26)/t14?,16-/m0/s1. The van der Waals surface area contributed by atoms with Crippen molar-refractivity contribution < 1.29 is 14.4 Å². The van der Waals surface area contributed by atoms with Gasteiger partial charge in [-0.15, -0.1) is 0 Å². The van der Waals surface area contributed by atoms with Crippen LogP contribution in [0.1, 0.15) is 46.1 Å². The summed E-state index contributed by atoms with van der Waals surface area (Å²) >= 11 is 0. The SMILES string of the molecule is CC(CN)NC(=O)[C@H](CC(=O)NC(C)(C)C)NC(=O)CCc1ccccc1. The third-order valence-corrected chi connectivity index (χ3v) is 3.78. The van der Waals surface area contributed by atoms with E-state index in [4.69, 9.17) is 5.73 Å². The largest absolute Gasteiger partial charge is 0.351 e. The summed E-state index contributed by atoms with van der Waals surface area (Å²) in [4.78, 5) is 37.0. The lowest BCUT2D eigenvalue weighted by atomic mass is 10.1. The van der Waals surface area contributed by atoms with E-state index in [1.807, 2.05) is 51.1 Å². The van der Waals surface area contributed by atoms with Crippen molar-refractivity contribution in [3.05, 3.63) is 35.9 Å². The van der Waals surface area contributed by atoms with Crippen molar-refractivity contribution in [2.75, 3.05) is 6.54 Å². The van der Waals surface area contributed by atoms with Crippen LogP contribution in [0.15, 0.2) is 30.3 Å². The number of nitrogens with two attached hydrogens (primary N) is 1. The Kier molecular flexibility index (Phi) is 8.94. The molecule has 0 fully saturated rings. The zero-order valence-corrected chi connectivity index (χ0v) is 16.7. The molecule has 0 saturated heterocycles. The van der Waals surface area contributed by atoms with Crippen LogP contribution in [-0.4, -0.2) is 41.9 Å². The van der Waals surface area contributed by atoms with Crippen molar-refractivity contribution in [3.8, 4) is 0 Å². The Balaban J connectivity index is 2.69. The molecule has 7 heteroatoms. The molecule has 1 rings (SSSR count). The fourth-order valence-corrected chi connectivity index (χ4v) is 2.44. The van der Waals surface area contributed by atoms with Crippen molar-refractivity contribution >= 4 is 17.7 Å². The molecule has 2 atom stereocenters. The minimum Gasteiger partial charge on any atom is -0.351 e. The van der Waals surface area contributed by atoms with Gasteiger partial charge in [0.1, 0.15) is 6.04 Å². The van der Waals surface area contributed by atoms with Crippen molar-refractivity contribution in [3.63, 3.8) is 0 Å². The van der Waals surface area contributed by atoms with E-state index in [9.17, 15) is 14.4 Å². The Morgan fingerprint density at radius 3 is 2.22 bits per heavy atom. The van der Waals surface area contributed by atoms with E-state index in [-0.39, 0.29) is 37.2 Å². The van der Waals surface area contributed by atoms with E-state index in [0.717, 1.165) is 5.56 Å². The van der Waals surface area contributed by atoms with Crippen LogP contribution in [-0.2, 0) is 20.8 Å². The van der Waals surface area contributed by atoms with E-state index >= 15 is 0 Å². The van der Waals surface area contributed by atoms with Gasteiger partial charge in [-0.1, -0.05) is 30.3 Å². The number of carbonyl (C=O) groups is 3. The molecule has 1 unspecified atom stereocenters. The van der Waals surface area contributed by atoms with Crippen LogP contribution in [0.25, 0.3) is 0 Å². The number of hydrogen-bond acceptors (Lipinski definition) is 4. The summed E-state index contributed by atoms with van der Waals surface area (Å²) in [6, 6.07) is 8.44. The van der Waals surface area contributed by atoms with Crippen LogP contribution in [0.3, 0.4) is 0 Å². The van der Waals surface area contributed by atoms with E-state index in [2.05, 4.69) is 16.0 Å². The van der Waals surface area contributed by atoms with Gasteiger partial charge < -0.3 is 21.7 Å². The van der Waals surface area contributed by atoms with Crippen LogP contribution in [0, 0.1) is 0 Å². The minimum atomic E-state index is -0.940. The molecule has 150 valence electrons. The van der Waals surface area contributed by atoms with Crippen molar-refractivity contribution in [2.24, 2.45) is 5.73 Å². The Bertz CT molecular complexity index is 626. The minimum absolute atomic E-state index is 0.128. The molecule has 0 saturated carbocycles. The molecule has 3 amide bonds. The molecule has 7 nitrogen and oxygen atoms in total. The highest BCUT2D eigenvalue weighted by Crippen LogP contribution is 2.05. The Morgan fingerprint density at radius 1 is 1.04 bits per heavy atom. The lowest BCUT2D eigenvalue weighted by Crippen LogP contribution is -2.53. The molecule has 0 aliphatic heterocycles. The molecule has 1 aromatic carbocycles. The van der Waals surface area contributed by atoms with E-state index in [1.54, 1.807) is 6.92 Å². The second kappa shape index (κ2) is 10.7. The lowest BCUT2D eigenvalue weighted by Gasteiger charge is -2.24. The molecule has 0 heterocycles. The molecule has 0 spiro atoms. The van der Waals surface area contributed by atoms with Crippen LogP contribution in [0.4, 0.5) is 0 Å². The van der Waals surface area contributed by atoms with Crippen LogP contribution in [0.5, 0.6) is 0 Å². The number of rotatable bonds is 9. The van der Waals surface area contributed by atoms with Gasteiger partial charge in [0, 0.05) is 24.5 Å². The fraction of sp³-hybridized carbons (Fsp3) is 0.550. The summed E-state index contributed by atoms with van der Waals surface area (Å²) in [5.74, 6) is -0.987. The molecule has 0 bridgehead atoms. The number of amides is 3. The second-order valence-electron chi connectivity index (χ2n) is 7.75. The van der Waals surface area contributed by atoms with Crippen molar-refractivity contribution in [2.45, 2.75) is 64.6 Å². The number of benzene rings is 1. The van der Waals surface area contributed by atoms with E-state index in [1.165, 1.54) is 0 Å². The van der Waals surface area contributed by atoms with Crippen LogP contribution < -0.4 is 21.7 Å². The van der Waals surface area contributed by atoms with Gasteiger partial charge in [0.2, 0.25) is 17.7 Å². The monoisotopic (exact) mass is 376 g/mol. The van der Waals surface area contributed by atoms with Gasteiger partial charge >= 0.3 is 0 Å². The number of hydrogen-bond donors (Lipinski definition) is 4. The van der Waals surface area contributed by atoms with Crippen LogP contribution >= 0.6 is 0 Å². The smallest absolute Gasteiger partial charge is 0.243 e. The maximum absolute atomic E-state index is 12.5. The number of carbonyl (C=O) groups excluding carboxylic acids is 3. The van der Waals surface area contributed by atoms with Gasteiger partial charge in [0.05, 0.1) is 6.42 Å². The molecule has 27 heavy (non-hydrogen) atoms. The first kappa shape index (κ1) is 22.6. The predicted octanol–water partition coefficient (Wildman–Crippen LogP) is 0.872. The summed E-state index contributed by atoms with van der Waals surface area (Å²) in [6.45, 7) is 7.61. The Labute approximate surface area is 161 Å². The maximum Gasteiger partial charge on any atom is 0.243 e. The normalized spacial score (nSPS) is 13.4. The zero-order chi connectivity index (χ0) is 20.4. The predicted molar refractivity (Wildman–Crippen MR) is 106 cm³/mol. The molecule has 0 aliphatic carbocycles. The summed E-state index contributed by atoms with van der Waals surface area (Å²) < 4.78 is 0. The van der Waals surface area contributed by atoms with Crippen LogP contribution in [0.2, 0.25) is 0 Å². The number of aryl methyl sites for hydroxylation is 1. The highest BCUT2D eigenvalue weighted by Gasteiger charge is 2.26.